The first-order chi connectivity index (χ1) is 15.1. The zero-order valence-electron chi connectivity index (χ0n) is 18.7. The van der Waals surface area contributed by atoms with Gasteiger partial charge in [-0.05, 0) is 44.7 Å². The Kier molecular flexibility index (Phi) is 5.41. The number of rotatable bonds is 7. The maximum absolute atomic E-state index is 14.2. The number of hydrogen-bond acceptors (Lipinski definition) is 5. The van der Waals surface area contributed by atoms with Gasteiger partial charge in [-0.2, -0.15) is 0 Å². The molecule has 1 spiro atoms. The molecule has 8 nitrogen and oxygen atoms in total. The van der Waals surface area contributed by atoms with E-state index in [0.29, 0.717) is 12.8 Å². The lowest BCUT2D eigenvalue weighted by molar-refractivity contribution is -0.154. The lowest BCUT2D eigenvalue weighted by Gasteiger charge is -2.37. The number of para-hydroxylation sites is 1. The Morgan fingerprint density at radius 2 is 1.97 bits per heavy atom. The van der Waals surface area contributed by atoms with Gasteiger partial charge in [-0.15, -0.1) is 6.58 Å². The lowest BCUT2D eigenvalue weighted by atomic mass is 9.66. The quantitative estimate of drug-likeness (QED) is 0.622. The Hall–Kier alpha value is -2.71. The van der Waals surface area contributed by atoms with E-state index in [2.05, 4.69) is 6.58 Å². The molecule has 172 valence electrons. The van der Waals surface area contributed by atoms with Gasteiger partial charge in [0.05, 0.1) is 24.0 Å². The van der Waals surface area contributed by atoms with Crippen LogP contribution in [0.15, 0.2) is 30.9 Å². The third kappa shape index (κ3) is 2.93. The molecule has 1 aromatic carbocycles. The van der Waals surface area contributed by atoms with Crippen LogP contribution in [0, 0.1) is 25.7 Å². The second-order valence-corrected chi connectivity index (χ2v) is 9.30. The van der Waals surface area contributed by atoms with Crippen LogP contribution in [0.1, 0.15) is 30.9 Å². The first-order valence-corrected chi connectivity index (χ1v) is 11.0. The van der Waals surface area contributed by atoms with Crippen molar-refractivity contribution in [3.05, 3.63) is 42.0 Å². The molecule has 8 heteroatoms. The number of carbonyl (C=O) groups excluding carboxylic acids is 2. The maximum Gasteiger partial charge on any atom is 0.310 e. The Balaban J connectivity index is 1.84. The minimum absolute atomic E-state index is 0.0609. The summed E-state index contributed by atoms with van der Waals surface area (Å²) < 4.78 is 6.35. The van der Waals surface area contributed by atoms with Gasteiger partial charge in [-0.1, -0.05) is 24.3 Å². The molecule has 3 aliphatic rings. The zero-order chi connectivity index (χ0) is 23.4. The Morgan fingerprint density at radius 3 is 2.53 bits per heavy atom. The molecular formula is C24H30N2O6. The minimum Gasteiger partial charge on any atom is -0.481 e. The van der Waals surface area contributed by atoms with Crippen LogP contribution in [-0.4, -0.2) is 69.8 Å². The van der Waals surface area contributed by atoms with E-state index in [-0.39, 0.29) is 25.6 Å². The summed E-state index contributed by atoms with van der Waals surface area (Å²) in [6, 6.07) is 4.72. The molecule has 1 aromatic rings. The molecule has 2 bridgehead atoms. The summed E-state index contributed by atoms with van der Waals surface area (Å²) in [5.41, 5.74) is 0.315. The van der Waals surface area contributed by atoms with Crippen LogP contribution < -0.4 is 4.90 Å². The molecular weight excluding hydrogens is 412 g/mol. The summed E-state index contributed by atoms with van der Waals surface area (Å²) in [5.74, 6) is -3.86. The second-order valence-electron chi connectivity index (χ2n) is 9.30. The smallest absolute Gasteiger partial charge is 0.310 e. The predicted molar refractivity (Wildman–Crippen MR) is 117 cm³/mol. The zero-order valence-corrected chi connectivity index (χ0v) is 18.7. The molecule has 0 aromatic heterocycles. The van der Waals surface area contributed by atoms with Crippen molar-refractivity contribution in [3.63, 3.8) is 0 Å². The van der Waals surface area contributed by atoms with Crippen molar-refractivity contribution in [1.82, 2.24) is 4.90 Å². The first-order valence-electron chi connectivity index (χ1n) is 11.0. The Morgan fingerprint density at radius 1 is 1.31 bits per heavy atom. The van der Waals surface area contributed by atoms with Crippen molar-refractivity contribution in [2.75, 3.05) is 24.6 Å². The van der Waals surface area contributed by atoms with Crippen LogP contribution in [0.5, 0.6) is 0 Å². The standard InChI is InChI=1S/C24H30N2O6/c1-5-11-25(18-14(2)7-6-8-15(18)3)21(29)19-24-10-9-23(4,32-24)17(22(30)31)16(24)20(28)26(19)12-13-27/h5-8,16-17,19,27H,1,9-13H2,2-4H3,(H,30,31)/t16-,17-,19?,23+,24?/m0/s1. The number of carboxylic acids is 1. The van der Waals surface area contributed by atoms with Crippen molar-refractivity contribution >= 4 is 23.5 Å². The molecule has 2 N–H and O–H groups in total. The number of amides is 2. The number of carboxylic acid groups (broad SMARTS) is 1. The number of ether oxygens (including phenoxy) is 1. The average Bonchev–Trinajstić information content (AvgIpc) is 3.28. The second kappa shape index (κ2) is 7.71. The van der Waals surface area contributed by atoms with Crippen LogP contribution in [0.25, 0.3) is 0 Å². The number of anilines is 1. The topological polar surface area (TPSA) is 107 Å². The van der Waals surface area contributed by atoms with Crippen molar-refractivity contribution < 1.29 is 29.3 Å². The number of fused-ring (bicyclic) bond motifs is 1. The number of hydrogen-bond donors (Lipinski definition) is 2. The Bertz CT molecular complexity index is 972. The number of carbonyl (C=O) groups is 3. The van der Waals surface area contributed by atoms with Gasteiger partial charge in [0.2, 0.25) is 5.91 Å². The van der Waals surface area contributed by atoms with Gasteiger partial charge in [-0.25, -0.2) is 0 Å². The molecule has 3 saturated heterocycles. The van der Waals surface area contributed by atoms with Gasteiger partial charge in [0, 0.05) is 18.8 Å². The largest absolute Gasteiger partial charge is 0.481 e. The highest BCUT2D eigenvalue weighted by Crippen LogP contribution is 2.63. The predicted octanol–water partition coefficient (Wildman–Crippen LogP) is 1.66. The molecule has 32 heavy (non-hydrogen) atoms. The van der Waals surface area contributed by atoms with Gasteiger partial charge < -0.3 is 24.7 Å². The number of β-amino-alcohol motifs (C(OH)–C–C–N with tert-alkyl or cyclic N) is 1. The molecule has 3 fully saturated rings. The molecule has 2 unspecified atom stereocenters. The normalized spacial score (nSPS) is 32.8. The van der Waals surface area contributed by atoms with E-state index >= 15 is 0 Å². The molecule has 4 rings (SSSR count). The summed E-state index contributed by atoms with van der Waals surface area (Å²) in [5, 5.41) is 19.6. The van der Waals surface area contributed by atoms with Gasteiger partial charge in [0.25, 0.3) is 5.91 Å². The average molecular weight is 443 g/mol. The van der Waals surface area contributed by atoms with Gasteiger partial charge in [0.1, 0.15) is 11.6 Å². The summed E-state index contributed by atoms with van der Waals surface area (Å²) in [6.45, 7) is 9.18. The Labute approximate surface area is 187 Å². The maximum atomic E-state index is 14.2. The molecule has 3 aliphatic heterocycles. The van der Waals surface area contributed by atoms with E-state index in [9.17, 15) is 24.6 Å². The van der Waals surface area contributed by atoms with E-state index in [1.54, 1.807) is 17.9 Å². The monoisotopic (exact) mass is 442 g/mol. The van der Waals surface area contributed by atoms with Crippen molar-refractivity contribution in [2.24, 2.45) is 11.8 Å². The van der Waals surface area contributed by atoms with E-state index in [1.807, 2.05) is 32.0 Å². The fourth-order valence-electron chi connectivity index (χ4n) is 6.23. The summed E-state index contributed by atoms with van der Waals surface area (Å²) in [4.78, 5) is 42.7. The van der Waals surface area contributed by atoms with E-state index in [4.69, 9.17) is 4.74 Å². The molecule has 2 amide bonds. The van der Waals surface area contributed by atoms with Gasteiger partial charge in [-0.3, -0.25) is 14.4 Å². The fraction of sp³-hybridized carbons (Fsp3) is 0.542. The number of aryl methyl sites for hydroxylation is 2. The van der Waals surface area contributed by atoms with Crippen molar-refractivity contribution in [3.8, 4) is 0 Å². The molecule has 0 aliphatic carbocycles. The van der Waals surface area contributed by atoms with Crippen LogP contribution in [0.2, 0.25) is 0 Å². The number of benzene rings is 1. The third-order valence-electron chi connectivity index (χ3n) is 7.40. The minimum atomic E-state index is -1.23. The van der Waals surface area contributed by atoms with E-state index in [0.717, 1.165) is 16.8 Å². The summed E-state index contributed by atoms with van der Waals surface area (Å²) in [7, 11) is 0. The highest BCUT2D eigenvalue weighted by Gasteiger charge is 2.78. The van der Waals surface area contributed by atoms with Crippen LogP contribution in [0.4, 0.5) is 5.69 Å². The number of likely N-dealkylation sites (tertiary alicyclic amines) is 1. The summed E-state index contributed by atoms with van der Waals surface area (Å²) >= 11 is 0. The van der Waals surface area contributed by atoms with E-state index in [1.165, 1.54) is 4.90 Å². The number of nitrogens with zero attached hydrogens (tertiary/aromatic N) is 2. The summed E-state index contributed by atoms with van der Waals surface area (Å²) in [6.07, 6.45) is 2.49. The fourth-order valence-corrected chi connectivity index (χ4v) is 6.23. The highest BCUT2D eigenvalue weighted by molar-refractivity contribution is 6.05. The van der Waals surface area contributed by atoms with E-state index < -0.39 is 41.0 Å². The number of aliphatic hydroxyl groups excluding tert-OH is 1. The molecule has 5 atom stereocenters. The molecule has 3 heterocycles. The highest BCUT2D eigenvalue weighted by atomic mass is 16.5. The number of aliphatic hydroxyl groups is 1. The molecule has 0 saturated carbocycles. The van der Waals surface area contributed by atoms with Crippen LogP contribution >= 0.6 is 0 Å². The lowest BCUT2D eigenvalue weighted by Crippen LogP contribution is -2.57. The SMILES string of the molecule is C=CCN(C(=O)C1N(CCO)C(=O)[C@@H]2[C@@H](C(=O)O)[C@@]3(C)CCC12O3)c1c(C)cccc1C. The first kappa shape index (κ1) is 22.5. The van der Waals surface area contributed by atoms with Gasteiger partial charge in [0.15, 0.2) is 0 Å². The third-order valence-corrected chi connectivity index (χ3v) is 7.40. The van der Waals surface area contributed by atoms with Crippen LogP contribution in [-0.2, 0) is 19.1 Å². The van der Waals surface area contributed by atoms with Crippen molar-refractivity contribution in [2.45, 2.75) is 50.9 Å². The van der Waals surface area contributed by atoms with Gasteiger partial charge >= 0.3 is 5.97 Å². The van der Waals surface area contributed by atoms with Crippen molar-refractivity contribution in [1.29, 1.82) is 0 Å². The number of aliphatic carboxylic acids is 1. The van der Waals surface area contributed by atoms with Crippen LogP contribution in [0.3, 0.4) is 0 Å². The molecule has 0 radical (unpaired) electrons.